The van der Waals surface area contributed by atoms with Gasteiger partial charge in [0.05, 0.1) is 18.3 Å². The highest BCUT2D eigenvalue weighted by Crippen LogP contribution is 2.16. The van der Waals surface area contributed by atoms with Crippen LogP contribution in [0.1, 0.15) is 13.8 Å². The highest BCUT2D eigenvalue weighted by molar-refractivity contribution is 5.60. The second-order valence-electron chi connectivity index (χ2n) is 3.62. The molecular weight excluding hydrogens is 178 g/mol. The average molecular weight is 195 g/mol. The van der Waals surface area contributed by atoms with Gasteiger partial charge in [0.25, 0.3) is 0 Å². The standard InChI is InChI=1S/C10H17N3O/c1-7(2)9(6-14)13-10-8(11)4-3-5-12-10/h3-5,7,9,14H,6,11H2,1-2H3,(H,12,13)/t9-/m1/s1. The van der Waals surface area contributed by atoms with Crippen molar-refractivity contribution in [3.63, 3.8) is 0 Å². The van der Waals surface area contributed by atoms with Gasteiger partial charge < -0.3 is 16.2 Å². The smallest absolute Gasteiger partial charge is 0.149 e. The summed E-state index contributed by atoms with van der Waals surface area (Å²) >= 11 is 0. The lowest BCUT2D eigenvalue weighted by Crippen LogP contribution is -2.30. The van der Waals surface area contributed by atoms with E-state index in [0.29, 0.717) is 17.4 Å². The lowest BCUT2D eigenvalue weighted by atomic mass is 10.1. The number of nitrogens with two attached hydrogens (primary N) is 1. The van der Waals surface area contributed by atoms with Gasteiger partial charge in [-0.2, -0.15) is 0 Å². The molecule has 1 atom stereocenters. The molecule has 4 N–H and O–H groups in total. The molecule has 0 bridgehead atoms. The first-order valence-electron chi connectivity index (χ1n) is 4.73. The third-order valence-electron chi connectivity index (χ3n) is 2.16. The molecule has 0 saturated heterocycles. The number of hydrogen-bond acceptors (Lipinski definition) is 4. The molecule has 0 amide bonds. The van der Waals surface area contributed by atoms with E-state index in [4.69, 9.17) is 10.8 Å². The minimum atomic E-state index is -0.00722. The van der Waals surface area contributed by atoms with Crippen molar-refractivity contribution in [1.82, 2.24) is 4.98 Å². The molecule has 4 heteroatoms. The number of nitrogen functional groups attached to an aromatic ring is 1. The maximum absolute atomic E-state index is 9.12. The highest BCUT2D eigenvalue weighted by Gasteiger charge is 2.13. The van der Waals surface area contributed by atoms with E-state index in [0.717, 1.165) is 0 Å². The molecule has 78 valence electrons. The lowest BCUT2D eigenvalue weighted by molar-refractivity contribution is 0.249. The molecule has 0 spiro atoms. The second kappa shape index (κ2) is 4.81. The Morgan fingerprint density at radius 3 is 2.79 bits per heavy atom. The molecule has 1 rings (SSSR count). The van der Waals surface area contributed by atoms with Crippen LogP contribution in [-0.4, -0.2) is 22.7 Å². The molecule has 0 aromatic carbocycles. The van der Waals surface area contributed by atoms with Gasteiger partial charge >= 0.3 is 0 Å². The molecule has 0 aliphatic carbocycles. The summed E-state index contributed by atoms with van der Waals surface area (Å²) in [4.78, 5) is 4.10. The predicted octanol–water partition coefficient (Wildman–Crippen LogP) is 1.09. The van der Waals surface area contributed by atoms with Crippen LogP contribution in [0.5, 0.6) is 0 Å². The molecule has 1 heterocycles. The van der Waals surface area contributed by atoms with Crippen LogP contribution in [0.4, 0.5) is 11.5 Å². The fraction of sp³-hybridized carbons (Fsp3) is 0.500. The molecule has 0 aliphatic rings. The summed E-state index contributed by atoms with van der Waals surface area (Å²) in [6, 6.07) is 3.56. The molecule has 0 aliphatic heterocycles. The zero-order valence-electron chi connectivity index (χ0n) is 8.57. The number of nitrogens with zero attached hydrogens (tertiary/aromatic N) is 1. The van der Waals surface area contributed by atoms with Gasteiger partial charge in [0.2, 0.25) is 0 Å². The van der Waals surface area contributed by atoms with Crippen LogP contribution in [0.2, 0.25) is 0 Å². The number of aromatic nitrogens is 1. The quantitative estimate of drug-likeness (QED) is 0.672. The van der Waals surface area contributed by atoms with Gasteiger partial charge in [-0.1, -0.05) is 13.8 Å². The monoisotopic (exact) mass is 195 g/mol. The van der Waals surface area contributed by atoms with Gasteiger partial charge in [-0.15, -0.1) is 0 Å². The Kier molecular flexibility index (Phi) is 3.71. The van der Waals surface area contributed by atoms with E-state index in [1.54, 1.807) is 18.3 Å². The summed E-state index contributed by atoms with van der Waals surface area (Å²) in [5.41, 5.74) is 6.32. The van der Waals surface area contributed by atoms with Crippen LogP contribution in [0.3, 0.4) is 0 Å². The Morgan fingerprint density at radius 2 is 2.29 bits per heavy atom. The Morgan fingerprint density at radius 1 is 1.57 bits per heavy atom. The largest absolute Gasteiger partial charge is 0.396 e. The molecule has 0 fully saturated rings. The molecule has 1 aromatic rings. The summed E-state index contributed by atoms with van der Waals surface area (Å²) < 4.78 is 0. The minimum absolute atomic E-state index is 0.00722. The third kappa shape index (κ3) is 2.60. The van der Waals surface area contributed by atoms with Crippen LogP contribution < -0.4 is 11.1 Å². The molecular formula is C10H17N3O. The van der Waals surface area contributed by atoms with E-state index in [9.17, 15) is 0 Å². The van der Waals surface area contributed by atoms with Crippen LogP contribution in [-0.2, 0) is 0 Å². The average Bonchev–Trinajstić information content (AvgIpc) is 2.16. The number of rotatable bonds is 4. The summed E-state index contributed by atoms with van der Waals surface area (Å²) in [6.07, 6.45) is 1.67. The number of anilines is 2. The van der Waals surface area contributed by atoms with Gasteiger partial charge in [-0.05, 0) is 18.1 Å². The van der Waals surface area contributed by atoms with E-state index in [-0.39, 0.29) is 12.6 Å². The highest BCUT2D eigenvalue weighted by atomic mass is 16.3. The summed E-state index contributed by atoms with van der Waals surface area (Å²) in [7, 11) is 0. The number of hydrogen-bond donors (Lipinski definition) is 3. The third-order valence-corrected chi connectivity index (χ3v) is 2.16. The first-order chi connectivity index (χ1) is 6.65. The van der Waals surface area contributed by atoms with E-state index < -0.39 is 0 Å². The predicted molar refractivity (Wildman–Crippen MR) is 58.0 cm³/mol. The van der Waals surface area contributed by atoms with Crippen LogP contribution in [0.25, 0.3) is 0 Å². The van der Waals surface area contributed by atoms with Gasteiger partial charge in [0, 0.05) is 6.20 Å². The van der Waals surface area contributed by atoms with Crippen molar-refractivity contribution < 1.29 is 5.11 Å². The molecule has 0 saturated carbocycles. The minimum Gasteiger partial charge on any atom is -0.396 e. The first kappa shape index (κ1) is 10.8. The van der Waals surface area contributed by atoms with Crippen molar-refractivity contribution in [1.29, 1.82) is 0 Å². The molecule has 4 nitrogen and oxygen atoms in total. The normalized spacial score (nSPS) is 12.9. The Bertz CT molecular complexity index is 288. The van der Waals surface area contributed by atoms with Crippen LogP contribution >= 0.6 is 0 Å². The number of aliphatic hydroxyl groups is 1. The zero-order chi connectivity index (χ0) is 10.6. The van der Waals surface area contributed by atoms with Crippen molar-refractivity contribution in [3.05, 3.63) is 18.3 Å². The van der Waals surface area contributed by atoms with E-state index in [2.05, 4.69) is 10.3 Å². The van der Waals surface area contributed by atoms with E-state index >= 15 is 0 Å². The Labute approximate surface area is 84.2 Å². The number of aliphatic hydroxyl groups excluding tert-OH is 1. The van der Waals surface area contributed by atoms with Crippen molar-refractivity contribution >= 4 is 11.5 Å². The van der Waals surface area contributed by atoms with Crippen LogP contribution in [0, 0.1) is 5.92 Å². The maximum atomic E-state index is 9.12. The van der Waals surface area contributed by atoms with E-state index in [1.807, 2.05) is 13.8 Å². The SMILES string of the molecule is CC(C)[C@@H](CO)Nc1ncccc1N. The van der Waals surface area contributed by atoms with Gasteiger partial charge in [0.15, 0.2) is 0 Å². The van der Waals surface area contributed by atoms with Crippen molar-refractivity contribution in [2.45, 2.75) is 19.9 Å². The fourth-order valence-electron chi connectivity index (χ4n) is 1.14. The summed E-state index contributed by atoms with van der Waals surface area (Å²) in [5.74, 6) is 0.974. The van der Waals surface area contributed by atoms with Crippen molar-refractivity contribution in [3.8, 4) is 0 Å². The summed E-state index contributed by atoms with van der Waals surface area (Å²) in [6.45, 7) is 4.15. The lowest BCUT2D eigenvalue weighted by Gasteiger charge is -2.21. The Hall–Kier alpha value is -1.29. The number of pyridine rings is 1. The maximum Gasteiger partial charge on any atom is 0.149 e. The van der Waals surface area contributed by atoms with Crippen molar-refractivity contribution in [2.24, 2.45) is 5.92 Å². The van der Waals surface area contributed by atoms with Gasteiger partial charge in [-0.3, -0.25) is 0 Å². The fourth-order valence-corrected chi connectivity index (χ4v) is 1.14. The van der Waals surface area contributed by atoms with Gasteiger partial charge in [-0.25, -0.2) is 4.98 Å². The van der Waals surface area contributed by atoms with E-state index in [1.165, 1.54) is 0 Å². The zero-order valence-corrected chi connectivity index (χ0v) is 8.57. The van der Waals surface area contributed by atoms with Crippen molar-refractivity contribution in [2.75, 3.05) is 17.7 Å². The second-order valence-corrected chi connectivity index (χ2v) is 3.62. The van der Waals surface area contributed by atoms with Crippen LogP contribution in [0.15, 0.2) is 18.3 Å². The molecule has 14 heavy (non-hydrogen) atoms. The first-order valence-corrected chi connectivity index (χ1v) is 4.73. The Balaban J connectivity index is 2.72. The van der Waals surface area contributed by atoms with Gasteiger partial charge in [0.1, 0.15) is 5.82 Å². The molecule has 0 unspecified atom stereocenters. The summed E-state index contributed by atoms with van der Waals surface area (Å²) in [5, 5.41) is 12.2. The molecule has 0 radical (unpaired) electrons. The number of nitrogens with one attached hydrogen (secondary N) is 1. The topological polar surface area (TPSA) is 71.2 Å². The molecule has 1 aromatic heterocycles.